The minimum atomic E-state index is -0.675. The van der Waals surface area contributed by atoms with Gasteiger partial charge in [0.15, 0.2) is 11.5 Å². The number of esters is 1. The number of benzene rings is 3. The summed E-state index contributed by atoms with van der Waals surface area (Å²) in [4.78, 5) is 18.7. The Labute approximate surface area is 284 Å². The average molecular weight is 728 g/mol. The van der Waals surface area contributed by atoms with Crippen LogP contribution in [0.25, 0.3) is 0 Å². The SMILES string of the molecule is COc1cc(C2C(C(=O)OC3CCCCC3)=C(C)Nc3nc(SCc4ccccc4)nn32)cc(Br)c1OCc1c(F)cccc1Cl. The van der Waals surface area contributed by atoms with Gasteiger partial charge in [0.1, 0.15) is 24.6 Å². The van der Waals surface area contributed by atoms with Crippen LogP contribution in [0, 0.1) is 5.82 Å². The summed E-state index contributed by atoms with van der Waals surface area (Å²) in [5.74, 6) is 1.09. The maximum atomic E-state index is 14.5. The molecule has 3 aromatic carbocycles. The Balaban J connectivity index is 1.36. The van der Waals surface area contributed by atoms with Gasteiger partial charge in [0.2, 0.25) is 11.1 Å². The lowest BCUT2D eigenvalue weighted by Crippen LogP contribution is -2.32. The third-order valence-electron chi connectivity index (χ3n) is 8.08. The molecule has 0 radical (unpaired) electrons. The van der Waals surface area contributed by atoms with Gasteiger partial charge in [0, 0.05) is 17.0 Å². The second kappa shape index (κ2) is 14.5. The summed E-state index contributed by atoms with van der Waals surface area (Å²) in [5, 5.41) is 8.98. The fourth-order valence-corrected chi connectivity index (χ4v) is 7.31. The third-order valence-corrected chi connectivity index (χ3v) is 9.93. The van der Waals surface area contributed by atoms with Gasteiger partial charge >= 0.3 is 5.97 Å². The summed E-state index contributed by atoms with van der Waals surface area (Å²) in [6, 6.07) is 17.6. The van der Waals surface area contributed by atoms with Crippen LogP contribution < -0.4 is 14.8 Å². The number of nitrogens with zero attached hydrogens (tertiary/aromatic N) is 3. The molecule has 1 saturated carbocycles. The summed E-state index contributed by atoms with van der Waals surface area (Å²) >= 11 is 11.4. The molecule has 1 N–H and O–H groups in total. The highest BCUT2D eigenvalue weighted by atomic mass is 79.9. The number of aromatic nitrogens is 3. The maximum Gasteiger partial charge on any atom is 0.338 e. The molecule has 0 amide bonds. The molecule has 1 aromatic heterocycles. The molecule has 12 heteroatoms. The number of hydrogen-bond acceptors (Lipinski definition) is 8. The number of carbonyl (C=O) groups excluding carboxylic acids is 1. The van der Waals surface area contributed by atoms with Crippen molar-refractivity contribution in [3.63, 3.8) is 0 Å². The Bertz CT molecular complexity index is 1740. The summed E-state index contributed by atoms with van der Waals surface area (Å²) < 4.78 is 34.6. The average Bonchev–Trinajstić information content (AvgIpc) is 3.46. The molecule has 2 heterocycles. The summed E-state index contributed by atoms with van der Waals surface area (Å²) in [6.45, 7) is 1.74. The van der Waals surface area contributed by atoms with E-state index in [9.17, 15) is 9.18 Å². The number of nitrogens with one attached hydrogen (secondary N) is 1. The Morgan fingerprint density at radius 1 is 1.13 bits per heavy atom. The van der Waals surface area contributed by atoms with E-state index in [0.29, 0.717) is 49.7 Å². The van der Waals surface area contributed by atoms with Crippen molar-refractivity contribution in [3.8, 4) is 11.5 Å². The Kier molecular flexibility index (Phi) is 10.2. The Morgan fingerprint density at radius 3 is 2.65 bits per heavy atom. The number of rotatable bonds is 10. The lowest BCUT2D eigenvalue weighted by molar-refractivity contribution is -0.146. The van der Waals surface area contributed by atoms with Crippen LogP contribution in [0.4, 0.5) is 10.3 Å². The fraction of sp³-hybridized carbons (Fsp3) is 0.324. The molecule has 0 bridgehead atoms. The molecule has 0 spiro atoms. The van der Waals surface area contributed by atoms with Crippen LogP contribution in [0.3, 0.4) is 0 Å². The van der Waals surface area contributed by atoms with Crippen LogP contribution in [-0.2, 0) is 21.9 Å². The number of anilines is 1. The molecular weight excluding hydrogens is 695 g/mol. The van der Waals surface area contributed by atoms with E-state index in [0.717, 1.165) is 37.7 Å². The summed E-state index contributed by atoms with van der Waals surface area (Å²) in [7, 11) is 1.52. The van der Waals surface area contributed by atoms with Crippen LogP contribution in [-0.4, -0.2) is 33.9 Å². The number of fused-ring (bicyclic) bond motifs is 1. The highest BCUT2D eigenvalue weighted by molar-refractivity contribution is 9.10. The van der Waals surface area contributed by atoms with Gasteiger partial charge in [-0.25, -0.2) is 13.9 Å². The first kappa shape index (κ1) is 32.4. The molecule has 1 fully saturated rings. The van der Waals surface area contributed by atoms with Gasteiger partial charge in [-0.15, -0.1) is 5.10 Å². The zero-order valence-electron chi connectivity index (χ0n) is 25.4. The van der Waals surface area contributed by atoms with E-state index in [2.05, 4.69) is 33.4 Å². The lowest BCUT2D eigenvalue weighted by Gasteiger charge is -2.30. The lowest BCUT2D eigenvalue weighted by atomic mass is 9.94. The molecule has 1 atom stereocenters. The van der Waals surface area contributed by atoms with E-state index in [1.54, 1.807) is 22.9 Å². The van der Waals surface area contributed by atoms with Gasteiger partial charge in [-0.05, 0) is 83.9 Å². The molecule has 240 valence electrons. The largest absolute Gasteiger partial charge is 0.493 e. The first-order chi connectivity index (χ1) is 22.3. The molecule has 6 rings (SSSR count). The normalized spacial score (nSPS) is 16.5. The molecule has 1 aliphatic heterocycles. The number of ether oxygens (including phenoxy) is 3. The van der Waals surface area contributed by atoms with Crippen molar-refractivity contribution < 1.29 is 23.4 Å². The van der Waals surface area contributed by atoms with E-state index >= 15 is 0 Å². The monoisotopic (exact) mass is 726 g/mol. The molecular formula is C34H33BrClFN4O4S. The van der Waals surface area contributed by atoms with E-state index in [1.165, 1.54) is 24.9 Å². The maximum absolute atomic E-state index is 14.5. The van der Waals surface area contributed by atoms with Gasteiger partial charge in [0.05, 0.1) is 22.2 Å². The number of hydrogen-bond donors (Lipinski definition) is 1. The molecule has 2 aliphatic rings. The van der Waals surface area contributed by atoms with Gasteiger partial charge in [-0.2, -0.15) is 4.98 Å². The van der Waals surface area contributed by atoms with Crippen molar-refractivity contribution in [2.24, 2.45) is 0 Å². The van der Waals surface area contributed by atoms with E-state index in [1.807, 2.05) is 31.2 Å². The first-order valence-corrected chi connectivity index (χ1v) is 17.2. The standard InChI is InChI=1S/C34H33BrClFN4O4S/c1-20-29(32(42)45-23-12-7-4-8-13-23)30(41-33(38-20)39-34(40-41)46-19-21-10-5-3-6-11-21)22-16-25(35)31(28(17-22)43-2)44-18-24-26(36)14-9-15-27(24)37/h3,5-6,9-11,14-17,23,30H,4,7-8,12-13,18-19H2,1-2H3,(H,38,39,40). The predicted molar refractivity (Wildman–Crippen MR) is 180 cm³/mol. The second-order valence-corrected chi connectivity index (χ2v) is 13.4. The van der Waals surface area contributed by atoms with Gasteiger partial charge < -0.3 is 19.5 Å². The highest BCUT2D eigenvalue weighted by Gasteiger charge is 2.37. The van der Waals surface area contributed by atoms with E-state index in [4.69, 9.17) is 35.9 Å². The van der Waals surface area contributed by atoms with Crippen molar-refractivity contribution in [2.75, 3.05) is 12.4 Å². The number of methoxy groups -OCH3 is 1. The van der Waals surface area contributed by atoms with Gasteiger partial charge in [0.25, 0.3) is 0 Å². The Morgan fingerprint density at radius 2 is 1.91 bits per heavy atom. The minimum absolute atomic E-state index is 0.111. The van der Waals surface area contributed by atoms with Crippen LogP contribution in [0.5, 0.6) is 11.5 Å². The van der Waals surface area contributed by atoms with Crippen LogP contribution >= 0.6 is 39.3 Å². The second-order valence-electron chi connectivity index (χ2n) is 11.2. The van der Waals surface area contributed by atoms with Crippen LogP contribution in [0.15, 0.2) is 81.6 Å². The van der Waals surface area contributed by atoms with Crippen LogP contribution in [0.1, 0.15) is 61.8 Å². The zero-order chi connectivity index (χ0) is 32.2. The van der Waals surface area contributed by atoms with Crippen LogP contribution in [0.2, 0.25) is 5.02 Å². The fourth-order valence-electron chi connectivity index (χ4n) is 5.74. The van der Waals surface area contributed by atoms with E-state index < -0.39 is 17.8 Å². The topological polar surface area (TPSA) is 87.5 Å². The Hall–Kier alpha value is -3.54. The molecule has 1 aliphatic carbocycles. The molecule has 4 aromatic rings. The van der Waals surface area contributed by atoms with Crippen molar-refractivity contribution in [1.82, 2.24) is 14.8 Å². The van der Waals surface area contributed by atoms with E-state index in [-0.39, 0.29) is 23.3 Å². The van der Waals surface area contributed by atoms with Crippen molar-refractivity contribution >= 4 is 51.2 Å². The highest BCUT2D eigenvalue weighted by Crippen LogP contribution is 2.44. The molecule has 0 saturated heterocycles. The number of halogens is 3. The minimum Gasteiger partial charge on any atom is -0.493 e. The van der Waals surface area contributed by atoms with Crippen molar-refractivity contribution in [1.29, 1.82) is 0 Å². The molecule has 8 nitrogen and oxygen atoms in total. The van der Waals surface area contributed by atoms with Crippen molar-refractivity contribution in [3.05, 3.63) is 104 Å². The van der Waals surface area contributed by atoms with Crippen molar-refractivity contribution in [2.45, 2.75) is 68.7 Å². The first-order valence-electron chi connectivity index (χ1n) is 15.1. The number of thioether (sulfide) groups is 1. The number of carbonyl (C=O) groups is 1. The molecule has 46 heavy (non-hydrogen) atoms. The summed E-state index contributed by atoms with van der Waals surface area (Å²) in [6.07, 6.45) is 4.80. The third kappa shape index (κ3) is 7.06. The zero-order valence-corrected chi connectivity index (χ0v) is 28.6. The summed E-state index contributed by atoms with van der Waals surface area (Å²) in [5.41, 5.74) is 3.15. The van der Waals surface area contributed by atoms with Gasteiger partial charge in [-0.3, -0.25) is 0 Å². The quantitative estimate of drug-likeness (QED) is 0.128. The molecule has 1 unspecified atom stereocenters. The predicted octanol–water partition coefficient (Wildman–Crippen LogP) is 8.88. The smallest absolute Gasteiger partial charge is 0.338 e. The van der Waals surface area contributed by atoms with Gasteiger partial charge in [-0.1, -0.05) is 66.2 Å². The number of allylic oxidation sites excluding steroid dienone is 1.